The number of carbonyl (C=O) groups excluding carboxylic acids is 3. The van der Waals surface area contributed by atoms with Gasteiger partial charge in [-0.25, -0.2) is 0 Å². The molecular formula is C16H26N2O3. The van der Waals surface area contributed by atoms with Crippen molar-refractivity contribution < 1.29 is 14.4 Å². The molecule has 0 aliphatic carbocycles. The van der Waals surface area contributed by atoms with Crippen molar-refractivity contribution in [3.05, 3.63) is 0 Å². The fraction of sp³-hybridized carbons (Fsp3) is 0.812. The summed E-state index contributed by atoms with van der Waals surface area (Å²) in [5.74, 6) is 0.841. The zero-order valence-corrected chi connectivity index (χ0v) is 13.0. The highest BCUT2D eigenvalue weighted by Gasteiger charge is 2.26. The zero-order chi connectivity index (χ0) is 15.2. The first kappa shape index (κ1) is 16.0. The van der Waals surface area contributed by atoms with Crippen LogP contribution < -0.4 is 0 Å². The molecule has 2 amide bonds. The average molecular weight is 294 g/mol. The summed E-state index contributed by atoms with van der Waals surface area (Å²) in [5, 5.41) is 0. The van der Waals surface area contributed by atoms with E-state index in [2.05, 4.69) is 0 Å². The van der Waals surface area contributed by atoms with Crippen molar-refractivity contribution in [1.82, 2.24) is 9.80 Å². The van der Waals surface area contributed by atoms with Gasteiger partial charge in [0.1, 0.15) is 5.78 Å². The molecule has 5 nitrogen and oxygen atoms in total. The van der Waals surface area contributed by atoms with Gasteiger partial charge in [0.2, 0.25) is 11.8 Å². The fourth-order valence-electron chi connectivity index (χ4n) is 3.17. The summed E-state index contributed by atoms with van der Waals surface area (Å²) in [6, 6.07) is 0. The fourth-order valence-corrected chi connectivity index (χ4v) is 3.17. The molecule has 2 aliphatic heterocycles. The first-order chi connectivity index (χ1) is 10.1. The lowest BCUT2D eigenvalue weighted by Gasteiger charge is -2.32. The third-order valence-electron chi connectivity index (χ3n) is 4.58. The Morgan fingerprint density at radius 3 is 2.00 bits per heavy atom. The van der Waals surface area contributed by atoms with Gasteiger partial charge in [-0.05, 0) is 38.5 Å². The van der Waals surface area contributed by atoms with Crippen LogP contribution >= 0.6 is 0 Å². The number of amides is 2. The molecular weight excluding hydrogens is 268 g/mol. The normalized spacial score (nSPS) is 19.9. The molecule has 2 aliphatic rings. The lowest BCUT2D eigenvalue weighted by Crippen LogP contribution is -2.40. The summed E-state index contributed by atoms with van der Waals surface area (Å²) in [6.07, 6.45) is 5.38. The summed E-state index contributed by atoms with van der Waals surface area (Å²) in [4.78, 5) is 38.8. The number of hydrogen-bond donors (Lipinski definition) is 0. The smallest absolute Gasteiger partial charge is 0.223 e. The highest BCUT2D eigenvalue weighted by atomic mass is 16.2. The number of nitrogens with zero attached hydrogens (tertiary/aromatic N) is 2. The lowest BCUT2D eigenvalue weighted by atomic mass is 9.92. The Balaban J connectivity index is 1.69. The topological polar surface area (TPSA) is 57.7 Å². The second-order valence-corrected chi connectivity index (χ2v) is 6.32. The monoisotopic (exact) mass is 294 g/mol. The molecule has 21 heavy (non-hydrogen) atoms. The quantitative estimate of drug-likeness (QED) is 0.774. The highest BCUT2D eigenvalue weighted by molar-refractivity contribution is 5.83. The van der Waals surface area contributed by atoms with E-state index >= 15 is 0 Å². The van der Waals surface area contributed by atoms with Gasteiger partial charge in [-0.3, -0.25) is 9.59 Å². The van der Waals surface area contributed by atoms with Gasteiger partial charge in [0.15, 0.2) is 0 Å². The van der Waals surface area contributed by atoms with Crippen LogP contribution in [-0.2, 0) is 14.4 Å². The molecule has 0 aromatic rings. The van der Waals surface area contributed by atoms with Crippen molar-refractivity contribution >= 4 is 17.6 Å². The van der Waals surface area contributed by atoms with E-state index < -0.39 is 0 Å². The molecule has 0 aromatic carbocycles. The Labute approximate surface area is 126 Å². The molecule has 2 heterocycles. The van der Waals surface area contributed by atoms with E-state index in [9.17, 15) is 14.4 Å². The SMILES string of the molecule is CC(=O)CCC(=O)N1CCC(CC(=O)N2CCCC2)CC1. The van der Waals surface area contributed by atoms with Crippen molar-refractivity contribution in [2.24, 2.45) is 5.92 Å². The van der Waals surface area contributed by atoms with Crippen molar-refractivity contribution in [3.63, 3.8) is 0 Å². The van der Waals surface area contributed by atoms with E-state index in [1.54, 1.807) is 0 Å². The van der Waals surface area contributed by atoms with Crippen LogP contribution in [0.15, 0.2) is 0 Å². The van der Waals surface area contributed by atoms with Crippen molar-refractivity contribution in [1.29, 1.82) is 0 Å². The van der Waals surface area contributed by atoms with Crippen LogP contribution in [0, 0.1) is 5.92 Å². The molecule has 0 atom stereocenters. The Bertz CT molecular complexity index is 394. The van der Waals surface area contributed by atoms with Crippen LogP contribution in [0.2, 0.25) is 0 Å². The van der Waals surface area contributed by atoms with Crippen LogP contribution in [0.25, 0.3) is 0 Å². The number of carbonyl (C=O) groups is 3. The molecule has 118 valence electrons. The molecule has 0 radical (unpaired) electrons. The van der Waals surface area contributed by atoms with Crippen LogP contribution in [0.3, 0.4) is 0 Å². The molecule has 0 aromatic heterocycles. The maximum atomic E-state index is 12.1. The number of rotatable bonds is 5. The summed E-state index contributed by atoms with van der Waals surface area (Å²) in [5.41, 5.74) is 0. The van der Waals surface area contributed by atoms with Gasteiger partial charge >= 0.3 is 0 Å². The predicted octanol–water partition coefficient (Wildman–Crippen LogP) is 1.61. The number of ketones is 1. The number of hydrogen-bond acceptors (Lipinski definition) is 3. The first-order valence-corrected chi connectivity index (χ1v) is 8.11. The minimum Gasteiger partial charge on any atom is -0.343 e. The Hall–Kier alpha value is -1.39. The second-order valence-electron chi connectivity index (χ2n) is 6.32. The number of Topliss-reactive ketones (excluding diaryl/α,β-unsaturated/α-hetero) is 1. The third-order valence-corrected chi connectivity index (χ3v) is 4.58. The van der Waals surface area contributed by atoms with Crippen LogP contribution in [0.1, 0.15) is 51.9 Å². The standard InChI is InChI=1S/C16H26N2O3/c1-13(19)4-5-15(20)18-10-6-14(7-11-18)12-16(21)17-8-2-3-9-17/h14H,2-12H2,1H3. The highest BCUT2D eigenvalue weighted by Crippen LogP contribution is 2.23. The van der Waals surface area contributed by atoms with Gasteiger partial charge in [-0.2, -0.15) is 0 Å². The van der Waals surface area contributed by atoms with Crippen molar-refractivity contribution in [2.75, 3.05) is 26.2 Å². The summed E-state index contributed by atoms with van der Waals surface area (Å²) < 4.78 is 0. The zero-order valence-electron chi connectivity index (χ0n) is 13.0. The summed E-state index contributed by atoms with van der Waals surface area (Å²) in [7, 11) is 0. The predicted molar refractivity (Wildman–Crippen MR) is 79.7 cm³/mol. The maximum Gasteiger partial charge on any atom is 0.223 e. The molecule has 2 rings (SSSR count). The Kier molecular flexibility index (Phi) is 5.76. The van der Waals surface area contributed by atoms with E-state index in [0.717, 1.165) is 51.9 Å². The van der Waals surface area contributed by atoms with Gasteiger partial charge in [0.25, 0.3) is 0 Å². The lowest BCUT2D eigenvalue weighted by molar-refractivity contribution is -0.135. The Morgan fingerprint density at radius 1 is 0.857 bits per heavy atom. The minimum absolute atomic E-state index is 0.0643. The van der Waals surface area contributed by atoms with Crippen molar-refractivity contribution in [3.8, 4) is 0 Å². The van der Waals surface area contributed by atoms with E-state index in [1.165, 1.54) is 6.92 Å². The first-order valence-electron chi connectivity index (χ1n) is 8.11. The molecule has 5 heteroatoms. The van der Waals surface area contributed by atoms with E-state index in [4.69, 9.17) is 0 Å². The summed E-state index contributed by atoms with van der Waals surface area (Å²) in [6.45, 7) is 4.81. The van der Waals surface area contributed by atoms with E-state index in [-0.39, 0.29) is 17.6 Å². The molecule has 0 bridgehead atoms. The van der Waals surface area contributed by atoms with Gasteiger partial charge < -0.3 is 14.6 Å². The number of piperidine rings is 1. The molecule has 0 N–H and O–H groups in total. The van der Waals surface area contributed by atoms with Gasteiger partial charge in [-0.15, -0.1) is 0 Å². The van der Waals surface area contributed by atoms with Crippen LogP contribution in [0.4, 0.5) is 0 Å². The van der Waals surface area contributed by atoms with Crippen LogP contribution in [-0.4, -0.2) is 53.6 Å². The van der Waals surface area contributed by atoms with Gasteiger partial charge in [-0.1, -0.05) is 0 Å². The van der Waals surface area contributed by atoms with Gasteiger partial charge in [0.05, 0.1) is 0 Å². The summed E-state index contributed by atoms with van der Waals surface area (Å²) >= 11 is 0. The second kappa shape index (κ2) is 7.57. The van der Waals surface area contributed by atoms with E-state index in [1.807, 2.05) is 9.80 Å². The molecule has 0 saturated carbocycles. The minimum atomic E-state index is 0.0643. The van der Waals surface area contributed by atoms with E-state index in [0.29, 0.717) is 25.2 Å². The largest absolute Gasteiger partial charge is 0.343 e. The number of likely N-dealkylation sites (tertiary alicyclic amines) is 2. The van der Waals surface area contributed by atoms with Crippen LogP contribution in [0.5, 0.6) is 0 Å². The molecule has 0 spiro atoms. The molecule has 2 saturated heterocycles. The maximum absolute atomic E-state index is 12.1. The average Bonchev–Trinajstić information content (AvgIpc) is 3.00. The third kappa shape index (κ3) is 4.83. The van der Waals surface area contributed by atoms with Gasteiger partial charge in [0, 0.05) is 45.4 Å². The Morgan fingerprint density at radius 2 is 1.43 bits per heavy atom. The molecule has 0 unspecified atom stereocenters. The molecule has 2 fully saturated rings. The van der Waals surface area contributed by atoms with Crippen molar-refractivity contribution in [2.45, 2.75) is 51.9 Å².